The van der Waals surface area contributed by atoms with Gasteiger partial charge < -0.3 is 15.6 Å². The molecule has 0 amide bonds. The average Bonchev–Trinajstić information content (AvgIpc) is 2.35. The molecule has 0 unspecified atom stereocenters. The number of nitrogens with two attached hydrogens (primary N) is 1. The maximum atomic E-state index is 10.4. The number of hydrogen-bond donors (Lipinski definition) is 2. The third-order valence-electron chi connectivity index (χ3n) is 3.20. The highest BCUT2D eigenvalue weighted by atomic mass is 16.5. The van der Waals surface area contributed by atoms with Gasteiger partial charge in [-0.3, -0.25) is 0 Å². The number of carboxylic acids is 1. The van der Waals surface area contributed by atoms with E-state index in [0.29, 0.717) is 11.7 Å². The van der Waals surface area contributed by atoms with Crippen LogP contribution in [-0.2, 0) is 17.6 Å². The summed E-state index contributed by atoms with van der Waals surface area (Å²) in [5, 5.41) is 8.54. The highest BCUT2D eigenvalue weighted by Gasteiger charge is 2.17. The van der Waals surface area contributed by atoms with Gasteiger partial charge in [-0.2, -0.15) is 0 Å². The van der Waals surface area contributed by atoms with E-state index in [0.717, 1.165) is 25.8 Å². The van der Waals surface area contributed by atoms with E-state index >= 15 is 0 Å². The van der Waals surface area contributed by atoms with Gasteiger partial charge in [0.25, 0.3) is 0 Å². The monoisotopic (exact) mass is 235 g/mol. The van der Waals surface area contributed by atoms with Crippen molar-refractivity contribution in [3.05, 3.63) is 29.3 Å². The maximum Gasteiger partial charge on any atom is 0.341 e. The van der Waals surface area contributed by atoms with Crippen molar-refractivity contribution < 1.29 is 14.6 Å². The summed E-state index contributed by atoms with van der Waals surface area (Å²) in [7, 11) is 0. The summed E-state index contributed by atoms with van der Waals surface area (Å²) >= 11 is 0. The lowest BCUT2D eigenvalue weighted by Crippen LogP contribution is -2.22. The van der Waals surface area contributed by atoms with Gasteiger partial charge in [0.2, 0.25) is 0 Å². The number of aryl methyl sites for hydroxylation is 1. The summed E-state index contributed by atoms with van der Waals surface area (Å²) in [6, 6.07) is 5.81. The Morgan fingerprint density at radius 1 is 1.47 bits per heavy atom. The lowest BCUT2D eigenvalue weighted by Gasteiger charge is -2.23. The Bertz CT molecular complexity index is 417. The molecule has 1 aliphatic rings. The minimum absolute atomic E-state index is 0.287. The third-order valence-corrected chi connectivity index (χ3v) is 3.20. The molecule has 92 valence electrons. The van der Waals surface area contributed by atoms with Crippen molar-refractivity contribution in [1.29, 1.82) is 0 Å². The Morgan fingerprint density at radius 3 is 3.00 bits per heavy atom. The van der Waals surface area contributed by atoms with E-state index in [1.165, 1.54) is 11.1 Å². The van der Waals surface area contributed by atoms with Gasteiger partial charge >= 0.3 is 5.97 Å². The van der Waals surface area contributed by atoms with Crippen molar-refractivity contribution in [3.63, 3.8) is 0 Å². The van der Waals surface area contributed by atoms with Crippen LogP contribution in [0.3, 0.4) is 0 Å². The number of carbonyl (C=O) groups is 1. The number of rotatable bonds is 4. The summed E-state index contributed by atoms with van der Waals surface area (Å²) < 4.78 is 5.16. The lowest BCUT2D eigenvalue weighted by atomic mass is 9.84. The first kappa shape index (κ1) is 11.9. The van der Waals surface area contributed by atoms with Crippen LogP contribution in [0.4, 0.5) is 0 Å². The Balaban J connectivity index is 2.07. The van der Waals surface area contributed by atoms with Gasteiger partial charge in [0, 0.05) is 0 Å². The molecule has 2 rings (SSSR count). The molecule has 3 N–H and O–H groups in total. The van der Waals surface area contributed by atoms with Crippen LogP contribution in [0.1, 0.15) is 17.5 Å². The van der Waals surface area contributed by atoms with Gasteiger partial charge in [-0.25, -0.2) is 4.79 Å². The molecule has 0 spiro atoms. The second kappa shape index (κ2) is 5.19. The molecule has 17 heavy (non-hydrogen) atoms. The van der Waals surface area contributed by atoms with Crippen LogP contribution in [0.5, 0.6) is 5.75 Å². The van der Waals surface area contributed by atoms with E-state index in [2.05, 4.69) is 0 Å². The molecule has 1 aromatic rings. The quantitative estimate of drug-likeness (QED) is 0.822. The fourth-order valence-electron chi connectivity index (χ4n) is 2.24. The molecule has 0 aliphatic heterocycles. The summed E-state index contributed by atoms with van der Waals surface area (Å²) in [5.41, 5.74) is 8.26. The zero-order valence-corrected chi connectivity index (χ0v) is 9.69. The van der Waals surface area contributed by atoms with E-state index in [9.17, 15) is 4.79 Å². The predicted molar refractivity (Wildman–Crippen MR) is 64.1 cm³/mol. The number of fused-ring (bicyclic) bond motifs is 1. The SMILES string of the molecule is NC[C@H]1CCc2cc(OCC(=O)O)ccc2C1. The van der Waals surface area contributed by atoms with Crippen molar-refractivity contribution in [3.8, 4) is 5.75 Å². The van der Waals surface area contributed by atoms with Gasteiger partial charge in [0.1, 0.15) is 5.75 Å². The van der Waals surface area contributed by atoms with E-state index < -0.39 is 5.97 Å². The molecule has 0 bridgehead atoms. The topological polar surface area (TPSA) is 72.5 Å². The molecule has 1 atom stereocenters. The molecule has 0 radical (unpaired) electrons. The first-order valence-corrected chi connectivity index (χ1v) is 5.85. The standard InChI is InChI=1S/C13H17NO3/c14-7-9-1-2-11-6-12(17-8-13(15)16)4-3-10(11)5-9/h3-4,6,9H,1-2,5,7-8,14H2,(H,15,16)/t9-/m0/s1. The lowest BCUT2D eigenvalue weighted by molar-refractivity contribution is -0.139. The fourth-order valence-corrected chi connectivity index (χ4v) is 2.24. The van der Waals surface area contributed by atoms with Crippen molar-refractivity contribution in [2.75, 3.05) is 13.2 Å². The Morgan fingerprint density at radius 2 is 2.29 bits per heavy atom. The van der Waals surface area contributed by atoms with E-state index in [-0.39, 0.29) is 6.61 Å². The molecule has 1 aromatic carbocycles. The average molecular weight is 235 g/mol. The zero-order chi connectivity index (χ0) is 12.3. The van der Waals surface area contributed by atoms with Gasteiger partial charge in [0.15, 0.2) is 6.61 Å². The Hall–Kier alpha value is -1.55. The molecular formula is C13H17NO3. The number of aliphatic carboxylic acids is 1. The fraction of sp³-hybridized carbons (Fsp3) is 0.462. The summed E-state index contributed by atoms with van der Waals surface area (Å²) in [6.45, 7) is 0.445. The molecular weight excluding hydrogens is 218 g/mol. The summed E-state index contributed by atoms with van der Waals surface area (Å²) in [4.78, 5) is 10.4. The number of benzene rings is 1. The third kappa shape index (κ3) is 2.97. The van der Waals surface area contributed by atoms with Crippen LogP contribution in [0.2, 0.25) is 0 Å². The molecule has 4 heteroatoms. The van der Waals surface area contributed by atoms with Crippen LogP contribution in [0.25, 0.3) is 0 Å². The molecule has 0 fully saturated rings. The number of hydrogen-bond acceptors (Lipinski definition) is 3. The Kier molecular flexibility index (Phi) is 3.64. The van der Waals surface area contributed by atoms with Crippen LogP contribution < -0.4 is 10.5 Å². The van der Waals surface area contributed by atoms with E-state index in [1.54, 1.807) is 0 Å². The predicted octanol–water partition coefficient (Wildman–Crippen LogP) is 1.21. The van der Waals surface area contributed by atoms with Gasteiger partial charge in [-0.1, -0.05) is 6.07 Å². The smallest absolute Gasteiger partial charge is 0.341 e. The van der Waals surface area contributed by atoms with Crippen LogP contribution in [-0.4, -0.2) is 24.2 Å². The van der Waals surface area contributed by atoms with Crippen molar-refractivity contribution in [2.45, 2.75) is 19.3 Å². The molecule has 4 nitrogen and oxygen atoms in total. The number of ether oxygens (including phenoxy) is 1. The van der Waals surface area contributed by atoms with Gasteiger partial charge in [-0.15, -0.1) is 0 Å². The van der Waals surface area contributed by atoms with Crippen molar-refractivity contribution in [1.82, 2.24) is 0 Å². The first-order chi connectivity index (χ1) is 8.19. The second-order valence-corrected chi connectivity index (χ2v) is 4.46. The Labute approximate surface area is 100 Å². The molecule has 1 aliphatic carbocycles. The van der Waals surface area contributed by atoms with Crippen LogP contribution in [0, 0.1) is 5.92 Å². The normalized spacial score (nSPS) is 18.5. The van der Waals surface area contributed by atoms with Crippen LogP contribution >= 0.6 is 0 Å². The second-order valence-electron chi connectivity index (χ2n) is 4.46. The first-order valence-electron chi connectivity index (χ1n) is 5.85. The van der Waals surface area contributed by atoms with Gasteiger partial charge in [-0.05, 0) is 55.0 Å². The molecule has 0 heterocycles. The minimum atomic E-state index is -0.953. The largest absolute Gasteiger partial charge is 0.482 e. The van der Waals surface area contributed by atoms with Crippen molar-refractivity contribution in [2.24, 2.45) is 11.7 Å². The maximum absolute atomic E-state index is 10.4. The minimum Gasteiger partial charge on any atom is -0.482 e. The highest BCUT2D eigenvalue weighted by Crippen LogP contribution is 2.28. The molecule has 0 saturated heterocycles. The summed E-state index contributed by atoms with van der Waals surface area (Å²) in [5.74, 6) is 0.261. The molecule has 0 aromatic heterocycles. The van der Waals surface area contributed by atoms with E-state index in [1.807, 2.05) is 18.2 Å². The molecule has 0 saturated carbocycles. The van der Waals surface area contributed by atoms with Gasteiger partial charge in [0.05, 0.1) is 0 Å². The van der Waals surface area contributed by atoms with Crippen molar-refractivity contribution >= 4 is 5.97 Å². The zero-order valence-electron chi connectivity index (χ0n) is 9.69. The van der Waals surface area contributed by atoms with Crippen LogP contribution in [0.15, 0.2) is 18.2 Å². The highest BCUT2D eigenvalue weighted by molar-refractivity contribution is 5.68. The number of carboxylic acid groups (broad SMARTS) is 1. The summed E-state index contributed by atoms with van der Waals surface area (Å²) in [6.07, 6.45) is 3.12. The van der Waals surface area contributed by atoms with E-state index in [4.69, 9.17) is 15.6 Å².